The second-order valence-electron chi connectivity index (χ2n) is 7.83. The fraction of sp³-hybridized carbons (Fsp3) is 0.938. The van der Waals surface area contributed by atoms with E-state index < -0.39 is 0 Å². The van der Waals surface area contributed by atoms with Crippen LogP contribution in [-0.2, 0) is 4.79 Å². The molecule has 0 aromatic heterocycles. The third-order valence-electron chi connectivity index (χ3n) is 5.04. The van der Waals surface area contributed by atoms with Crippen molar-refractivity contribution in [3.8, 4) is 0 Å². The molecule has 0 aromatic rings. The van der Waals surface area contributed by atoms with Gasteiger partial charge in [0.25, 0.3) is 0 Å². The van der Waals surface area contributed by atoms with Crippen LogP contribution in [0.3, 0.4) is 0 Å². The van der Waals surface area contributed by atoms with Crippen LogP contribution >= 0.6 is 0 Å². The summed E-state index contributed by atoms with van der Waals surface area (Å²) in [5.74, 6) is 1.24. The Morgan fingerprint density at radius 1 is 1.11 bits per heavy atom. The van der Waals surface area contributed by atoms with Crippen LogP contribution in [0.15, 0.2) is 0 Å². The molecule has 0 bridgehead atoms. The molecule has 1 saturated carbocycles. The Bertz CT molecular complexity index is 309. The zero-order valence-corrected chi connectivity index (χ0v) is 13.6. The minimum Gasteiger partial charge on any atom is -0.339 e. The summed E-state index contributed by atoms with van der Waals surface area (Å²) in [6.45, 7) is 11.5. The predicted molar refractivity (Wildman–Crippen MR) is 80.8 cm³/mol. The first-order valence-electron chi connectivity index (χ1n) is 7.57. The molecule has 1 amide bonds. The number of rotatable bonds is 3. The van der Waals surface area contributed by atoms with Crippen molar-refractivity contribution in [2.24, 2.45) is 23.0 Å². The van der Waals surface area contributed by atoms with Crippen LogP contribution in [0.4, 0.5) is 0 Å². The zero-order chi connectivity index (χ0) is 14.8. The fourth-order valence-electron chi connectivity index (χ4n) is 2.92. The average Bonchev–Trinajstić information content (AvgIpc) is 2.36. The van der Waals surface area contributed by atoms with Crippen LogP contribution in [-0.4, -0.2) is 29.9 Å². The van der Waals surface area contributed by atoms with Gasteiger partial charge in [-0.25, -0.2) is 0 Å². The van der Waals surface area contributed by atoms with Gasteiger partial charge in [0.15, 0.2) is 0 Å². The lowest BCUT2D eigenvalue weighted by atomic mass is 9.69. The van der Waals surface area contributed by atoms with Crippen LogP contribution < -0.4 is 5.73 Å². The van der Waals surface area contributed by atoms with Gasteiger partial charge in [0.05, 0.1) is 0 Å². The summed E-state index contributed by atoms with van der Waals surface area (Å²) in [4.78, 5) is 14.4. The maximum atomic E-state index is 12.5. The number of carbonyl (C=O) groups excluding carboxylic acids is 1. The van der Waals surface area contributed by atoms with Crippen molar-refractivity contribution in [3.63, 3.8) is 0 Å². The van der Waals surface area contributed by atoms with Crippen molar-refractivity contribution in [2.75, 3.05) is 13.6 Å². The Morgan fingerprint density at radius 2 is 1.58 bits per heavy atom. The molecule has 1 rings (SSSR count). The maximum absolute atomic E-state index is 12.5. The van der Waals surface area contributed by atoms with E-state index >= 15 is 0 Å². The zero-order valence-electron chi connectivity index (χ0n) is 13.6. The summed E-state index contributed by atoms with van der Waals surface area (Å²) in [6, 6.07) is 0. The lowest BCUT2D eigenvalue weighted by Crippen LogP contribution is -2.52. The Hall–Kier alpha value is -0.570. The van der Waals surface area contributed by atoms with E-state index in [4.69, 9.17) is 5.73 Å². The molecular formula is C16H32N2O. The Kier molecular flexibility index (Phi) is 5.05. The van der Waals surface area contributed by atoms with Gasteiger partial charge in [-0.3, -0.25) is 4.79 Å². The number of likely N-dealkylation sites (N-methyl/N-ethyl adjacent to an activating group) is 1. The van der Waals surface area contributed by atoms with Gasteiger partial charge in [0, 0.05) is 25.0 Å². The van der Waals surface area contributed by atoms with Crippen molar-refractivity contribution < 1.29 is 4.79 Å². The van der Waals surface area contributed by atoms with E-state index in [1.54, 1.807) is 0 Å². The summed E-state index contributed by atoms with van der Waals surface area (Å²) in [5.41, 5.74) is 5.89. The van der Waals surface area contributed by atoms with Gasteiger partial charge in [0.2, 0.25) is 5.91 Å². The highest BCUT2D eigenvalue weighted by molar-refractivity contribution is 5.79. The van der Waals surface area contributed by atoms with Gasteiger partial charge in [-0.05, 0) is 50.9 Å². The monoisotopic (exact) mass is 268 g/mol. The maximum Gasteiger partial charge on any atom is 0.225 e. The molecule has 1 fully saturated rings. The van der Waals surface area contributed by atoms with Gasteiger partial charge >= 0.3 is 0 Å². The summed E-state index contributed by atoms with van der Waals surface area (Å²) in [6.07, 6.45) is 4.42. The van der Waals surface area contributed by atoms with Crippen LogP contribution in [0.2, 0.25) is 0 Å². The number of hydrogen-bond acceptors (Lipinski definition) is 2. The number of nitrogens with two attached hydrogens (primary N) is 1. The molecule has 0 aromatic carbocycles. The van der Waals surface area contributed by atoms with Gasteiger partial charge in [-0.15, -0.1) is 0 Å². The largest absolute Gasteiger partial charge is 0.339 e. The van der Waals surface area contributed by atoms with Crippen molar-refractivity contribution in [1.29, 1.82) is 0 Å². The molecule has 3 nitrogen and oxygen atoms in total. The molecule has 0 unspecified atom stereocenters. The first-order valence-corrected chi connectivity index (χ1v) is 7.57. The summed E-state index contributed by atoms with van der Waals surface area (Å²) in [5, 5.41) is 0. The normalized spacial score (nSPS) is 25.2. The first kappa shape index (κ1) is 16.5. The van der Waals surface area contributed by atoms with Gasteiger partial charge in [0.1, 0.15) is 0 Å². The highest BCUT2D eigenvalue weighted by Crippen LogP contribution is 2.40. The molecule has 0 spiro atoms. The molecule has 0 heterocycles. The van der Waals surface area contributed by atoms with E-state index in [-0.39, 0.29) is 17.4 Å². The van der Waals surface area contributed by atoms with Crippen molar-refractivity contribution >= 4 is 5.91 Å². The third-order valence-corrected chi connectivity index (χ3v) is 5.04. The van der Waals surface area contributed by atoms with E-state index in [1.165, 1.54) is 12.8 Å². The third kappa shape index (κ3) is 3.95. The topological polar surface area (TPSA) is 46.3 Å². The SMILES string of the molecule is CN(C(=O)C1CCC(C(C)(C)C)CC1)C(C)(C)CN. The van der Waals surface area contributed by atoms with Gasteiger partial charge in [-0.1, -0.05) is 20.8 Å². The van der Waals surface area contributed by atoms with Crippen LogP contribution in [0.5, 0.6) is 0 Å². The van der Waals surface area contributed by atoms with Crippen LogP contribution in [0, 0.1) is 17.3 Å². The van der Waals surface area contributed by atoms with Gasteiger partial charge < -0.3 is 10.6 Å². The molecule has 0 saturated heterocycles. The van der Waals surface area contributed by atoms with Crippen LogP contribution in [0.25, 0.3) is 0 Å². The Balaban J connectivity index is 2.59. The highest BCUT2D eigenvalue weighted by Gasteiger charge is 2.36. The second kappa shape index (κ2) is 5.82. The van der Waals surface area contributed by atoms with E-state index in [1.807, 2.05) is 25.8 Å². The van der Waals surface area contributed by atoms with Crippen LogP contribution in [0.1, 0.15) is 60.3 Å². The van der Waals surface area contributed by atoms with E-state index in [9.17, 15) is 4.79 Å². The molecule has 0 radical (unpaired) electrons. The summed E-state index contributed by atoms with van der Waals surface area (Å²) >= 11 is 0. The fourth-order valence-corrected chi connectivity index (χ4v) is 2.92. The minimum atomic E-state index is -0.238. The highest BCUT2D eigenvalue weighted by atomic mass is 16.2. The van der Waals surface area contributed by atoms with E-state index in [0.717, 1.165) is 18.8 Å². The second-order valence-corrected chi connectivity index (χ2v) is 7.83. The van der Waals surface area contributed by atoms with Crippen molar-refractivity contribution in [2.45, 2.75) is 65.8 Å². The molecule has 1 aliphatic carbocycles. The predicted octanol–water partition coefficient (Wildman–Crippen LogP) is 3.03. The molecule has 1 aliphatic rings. The van der Waals surface area contributed by atoms with Crippen molar-refractivity contribution in [1.82, 2.24) is 4.90 Å². The summed E-state index contributed by atoms with van der Waals surface area (Å²) in [7, 11) is 1.89. The van der Waals surface area contributed by atoms with Crippen molar-refractivity contribution in [3.05, 3.63) is 0 Å². The lowest BCUT2D eigenvalue weighted by Gasteiger charge is -2.40. The molecule has 19 heavy (non-hydrogen) atoms. The first-order chi connectivity index (χ1) is 8.59. The minimum absolute atomic E-state index is 0.203. The van der Waals surface area contributed by atoms with Gasteiger partial charge in [-0.2, -0.15) is 0 Å². The Morgan fingerprint density at radius 3 is 1.95 bits per heavy atom. The smallest absolute Gasteiger partial charge is 0.225 e. The molecule has 2 N–H and O–H groups in total. The molecule has 0 aliphatic heterocycles. The molecule has 0 atom stereocenters. The lowest BCUT2D eigenvalue weighted by molar-refractivity contribution is -0.140. The molecular weight excluding hydrogens is 236 g/mol. The molecule has 112 valence electrons. The quantitative estimate of drug-likeness (QED) is 0.855. The number of carbonyl (C=O) groups is 1. The number of hydrogen-bond donors (Lipinski definition) is 1. The number of amides is 1. The molecule has 3 heteroatoms. The Labute approximate surface area is 118 Å². The standard InChI is InChI=1S/C16H32N2O/c1-15(2,3)13-9-7-12(8-10-13)14(19)18(6)16(4,5)11-17/h12-13H,7-11,17H2,1-6H3. The average molecular weight is 268 g/mol. The van der Waals surface area contributed by atoms with E-state index in [0.29, 0.717) is 12.0 Å². The number of nitrogens with zero attached hydrogens (tertiary/aromatic N) is 1. The van der Waals surface area contributed by atoms with E-state index in [2.05, 4.69) is 20.8 Å². The summed E-state index contributed by atoms with van der Waals surface area (Å²) < 4.78 is 0.